The van der Waals surface area contributed by atoms with Crippen LogP contribution in [-0.2, 0) is 9.84 Å². The molecule has 0 fully saturated rings. The minimum absolute atomic E-state index is 0.125. The van der Waals surface area contributed by atoms with Gasteiger partial charge in [-0.3, -0.25) is 0 Å². The van der Waals surface area contributed by atoms with Gasteiger partial charge in [-0.15, -0.1) is 0 Å². The van der Waals surface area contributed by atoms with Gasteiger partial charge in [-0.2, -0.15) is 13.2 Å². The highest BCUT2D eigenvalue weighted by Crippen LogP contribution is 2.17. The van der Waals surface area contributed by atoms with Crippen LogP contribution in [0.25, 0.3) is 0 Å². The van der Waals surface area contributed by atoms with E-state index in [0.717, 1.165) is 0 Å². The zero-order valence-corrected chi connectivity index (χ0v) is 5.91. The molecule has 0 aromatic heterocycles. The third-order valence-corrected chi connectivity index (χ3v) is 1.87. The van der Waals surface area contributed by atoms with Gasteiger partial charge in [0.25, 0.3) is 0 Å². The van der Waals surface area contributed by atoms with Gasteiger partial charge in [0.15, 0.2) is 9.84 Å². The van der Waals surface area contributed by atoms with Gasteiger partial charge in [0.1, 0.15) is 5.75 Å². The fraction of sp³-hybridized carbons (Fsp3) is 0.500. The number of halogens is 4. The second-order valence-electron chi connectivity index (χ2n) is 1.68. The van der Waals surface area contributed by atoms with Crippen LogP contribution in [-0.4, -0.2) is 20.3 Å². The van der Waals surface area contributed by atoms with E-state index in [9.17, 15) is 26.0 Å². The van der Waals surface area contributed by atoms with Gasteiger partial charge in [-0.05, 0) is 0 Å². The second kappa shape index (κ2) is 3.21. The summed E-state index contributed by atoms with van der Waals surface area (Å²) in [7, 11) is -4.47. The number of rotatable bonds is 2. The van der Waals surface area contributed by atoms with Crippen molar-refractivity contribution in [2.75, 3.05) is 5.75 Å². The van der Waals surface area contributed by atoms with E-state index in [0.29, 0.717) is 0 Å². The fourth-order valence-electron chi connectivity index (χ4n) is 0.355. The Morgan fingerprint density at radius 1 is 1.27 bits per heavy atom. The fourth-order valence-corrected chi connectivity index (χ4v) is 1.06. The standard InChI is InChI=1S/C4H4F4O2S/c5-1-2-11(9,10)3-4(6,7)8/h1-2H,3H2. The first kappa shape index (κ1) is 10.4. The highest BCUT2D eigenvalue weighted by molar-refractivity contribution is 7.94. The molecule has 0 aromatic carbocycles. The van der Waals surface area contributed by atoms with Crippen molar-refractivity contribution in [3.8, 4) is 0 Å². The Labute approximate surface area is 60.4 Å². The SMILES string of the molecule is O=S(=O)(C=CF)CC(F)(F)F. The lowest BCUT2D eigenvalue weighted by Crippen LogP contribution is -2.20. The van der Waals surface area contributed by atoms with E-state index in [1.165, 1.54) is 0 Å². The largest absolute Gasteiger partial charge is 0.403 e. The van der Waals surface area contributed by atoms with Gasteiger partial charge < -0.3 is 0 Å². The molecule has 0 aliphatic carbocycles. The lowest BCUT2D eigenvalue weighted by Gasteiger charge is -2.02. The maximum Gasteiger partial charge on any atom is 0.403 e. The Bertz CT molecular complexity index is 237. The van der Waals surface area contributed by atoms with Gasteiger partial charge in [0.05, 0.1) is 11.7 Å². The van der Waals surface area contributed by atoms with E-state index in [4.69, 9.17) is 0 Å². The van der Waals surface area contributed by atoms with Crippen LogP contribution in [0.4, 0.5) is 17.6 Å². The third-order valence-electron chi connectivity index (χ3n) is 0.624. The summed E-state index contributed by atoms with van der Waals surface area (Å²) >= 11 is 0. The van der Waals surface area contributed by atoms with Crippen molar-refractivity contribution in [3.05, 3.63) is 11.7 Å². The number of hydrogen-bond donors (Lipinski definition) is 0. The average molecular weight is 192 g/mol. The Hall–Kier alpha value is -0.590. The maximum atomic E-state index is 11.3. The van der Waals surface area contributed by atoms with Crippen LogP contribution in [0, 0.1) is 0 Å². The van der Waals surface area contributed by atoms with Gasteiger partial charge in [-0.1, -0.05) is 0 Å². The molecule has 0 aromatic rings. The number of sulfone groups is 1. The molecule has 0 spiro atoms. The molecule has 0 unspecified atom stereocenters. The Balaban J connectivity index is 4.39. The van der Waals surface area contributed by atoms with Crippen LogP contribution in [0.15, 0.2) is 11.7 Å². The molecule has 66 valence electrons. The predicted molar refractivity (Wildman–Crippen MR) is 30.1 cm³/mol. The van der Waals surface area contributed by atoms with Gasteiger partial charge in [0.2, 0.25) is 0 Å². The van der Waals surface area contributed by atoms with Crippen LogP contribution >= 0.6 is 0 Å². The number of alkyl halides is 3. The predicted octanol–water partition coefficient (Wildman–Crippen LogP) is 1.40. The molecule has 0 saturated carbocycles. The molecule has 0 aliphatic heterocycles. The normalized spacial score (nSPS) is 14.2. The second-order valence-corrected chi connectivity index (χ2v) is 3.57. The summed E-state index contributed by atoms with van der Waals surface area (Å²) in [4.78, 5) is 0. The van der Waals surface area contributed by atoms with Gasteiger partial charge in [-0.25, -0.2) is 12.8 Å². The van der Waals surface area contributed by atoms with Gasteiger partial charge >= 0.3 is 6.18 Å². The zero-order valence-electron chi connectivity index (χ0n) is 5.10. The molecular formula is C4H4F4O2S. The van der Waals surface area contributed by atoms with E-state index in [1.54, 1.807) is 0 Å². The average Bonchev–Trinajstić information content (AvgIpc) is 1.55. The molecule has 0 bridgehead atoms. The van der Waals surface area contributed by atoms with Crippen molar-refractivity contribution in [1.29, 1.82) is 0 Å². The smallest absolute Gasteiger partial charge is 0.224 e. The third kappa shape index (κ3) is 5.84. The Morgan fingerprint density at radius 2 is 1.73 bits per heavy atom. The van der Waals surface area contributed by atoms with E-state index in [2.05, 4.69) is 0 Å². The lowest BCUT2D eigenvalue weighted by molar-refractivity contribution is -0.106. The number of hydrogen-bond acceptors (Lipinski definition) is 2. The first-order chi connectivity index (χ1) is 4.77. The molecule has 11 heavy (non-hydrogen) atoms. The summed E-state index contributed by atoms with van der Waals surface area (Å²) in [5.41, 5.74) is 0. The molecule has 0 amide bonds. The van der Waals surface area contributed by atoms with Crippen molar-refractivity contribution in [2.45, 2.75) is 6.18 Å². The molecule has 0 aliphatic rings. The summed E-state index contributed by atoms with van der Waals surface area (Å²) in [6.45, 7) is 0. The maximum absolute atomic E-state index is 11.3. The van der Waals surface area contributed by atoms with Gasteiger partial charge in [0, 0.05) is 0 Å². The summed E-state index contributed by atoms with van der Waals surface area (Å²) < 4.78 is 65.6. The van der Waals surface area contributed by atoms with E-state index in [-0.39, 0.29) is 5.41 Å². The minimum atomic E-state index is -4.82. The molecular weight excluding hydrogens is 188 g/mol. The first-order valence-corrected chi connectivity index (χ1v) is 4.05. The molecule has 0 N–H and O–H groups in total. The molecule has 0 radical (unpaired) electrons. The van der Waals surface area contributed by atoms with Crippen LogP contribution in [0.5, 0.6) is 0 Å². The van der Waals surface area contributed by atoms with E-state index >= 15 is 0 Å². The van der Waals surface area contributed by atoms with Crippen molar-refractivity contribution < 1.29 is 26.0 Å². The monoisotopic (exact) mass is 192 g/mol. The molecule has 0 heterocycles. The summed E-state index contributed by atoms with van der Waals surface area (Å²) in [6.07, 6.45) is -5.26. The van der Waals surface area contributed by atoms with Crippen molar-refractivity contribution in [1.82, 2.24) is 0 Å². The summed E-state index contributed by atoms with van der Waals surface area (Å²) in [5, 5.41) is -0.125. The highest BCUT2D eigenvalue weighted by atomic mass is 32.2. The van der Waals surface area contributed by atoms with E-state index in [1.807, 2.05) is 0 Å². The van der Waals surface area contributed by atoms with Crippen LogP contribution in [0.2, 0.25) is 0 Å². The molecule has 0 atom stereocenters. The highest BCUT2D eigenvalue weighted by Gasteiger charge is 2.33. The molecule has 2 nitrogen and oxygen atoms in total. The summed E-state index contributed by atoms with van der Waals surface area (Å²) in [6, 6.07) is 0. The lowest BCUT2D eigenvalue weighted by atomic mass is 10.8. The molecule has 0 rings (SSSR count). The Kier molecular flexibility index (Phi) is 3.03. The molecule has 0 saturated heterocycles. The van der Waals surface area contributed by atoms with Crippen molar-refractivity contribution in [2.24, 2.45) is 0 Å². The van der Waals surface area contributed by atoms with Crippen LogP contribution in [0.3, 0.4) is 0 Å². The zero-order chi connectivity index (χ0) is 9.12. The minimum Gasteiger partial charge on any atom is -0.224 e. The van der Waals surface area contributed by atoms with Crippen LogP contribution in [0.1, 0.15) is 0 Å². The van der Waals surface area contributed by atoms with Crippen LogP contribution < -0.4 is 0 Å². The van der Waals surface area contributed by atoms with E-state index < -0.39 is 28.1 Å². The topological polar surface area (TPSA) is 34.1 Å². The summed E-state index contributed by atoms with van der Waals surface area (Å²) in [5.74, 6) is -2.03. The Morgan fingerprint density at radius 3 is 2.00 bits per heavy atom. The first-order valence-electron chi connectivity index (χ1n) is 2.33. The quantitative estimate of drug-likeness (QED) is 0.620. The molecule has 7 heteroatoms. The van der Waals surface area contributed by atoms with Crippen molar-refractivity contribution in [3.63, 3.8) is 0 Å². The van der Waals surface area contributed by atoms with Crippen molar-refractivity contribution >= 4 is 9.84 Å².